The van der Waals surface area contributed by atoms with Gasteiger partial charge in [-0.2, -0.15) is 0 Å². The van der Waals surface area contributed by atoms with Crippen LogP contribution in [0.15, 0.2) is 97.1 Å². The van der Waals surface area contributed by atoms with Crippen molar-refractivity contribution in [2.45, 2.75) is 37.8 Å². The van der Waals surface area contributed by atoms with Gasteiger partial charge in [-0.15, -0.1) is 0 Å². The normalized spacial score (nSPS) is 17.4. The summed E-state index contributed by atoms with van der Waals surface area (Å²) in [6.45, 7) is 1.61. The molecule has 8 rings (SSSR count). The minimum absolute atomic E-state index is 0.0273. The Morgan fingerprint density at radius 2 is 1.16 bits per heavy atom. The molecule has 4 heterocycles. The van der Waals surface area contributed by atoms with Gasteiger partial charge in [0.1, 0.15) is 18.0 Å². The number of carbonyl (C=O) groups excluding carboxylic acids is 1. The quantitative estimate of drug-likeness (QED) is 0.164. The lowest BCUT2D eigenvalue weighted by atomic mass is 10.1. The fourth-order valence-corrected chi connectivity index (χ4v) is 7.18. The maximum absolute atomic E-state index is 13.6. The van der Waals surface area contributed by atoms with Crippen LogP contribution in [-0.4, -0.2) is 80.5 Å². The molecule has 11 heteroatoms. The van der Waals surface area contributed by atoms with Gasteiger partial charge in [-0.25, -0.2) is 29.5 Å². The summed E-state index contributed by atoms with van der Waals surface area (Å²) in [5.41, 5.74) is 6.07. The van der Waals surface area contributed by atoms with Gasteiger partial charge >= 0.3 is 11.9 Å². The average Bonchev–Trinajstić information content (AvgIpc) is 3.86. The number of fused-ring (bicyclic) bond motifs is 2. The maximum atomic E-state index is 13.6. The van der Waals surface area contributed by atoms with Crippen molar-refractivity contribution in [2.24, 2.45) is 0 Å². The van der Waals surface area contributed by atoms with Crippen molar-refractivity contribution in [1.82, 2.24) is 19.9 Å². The van der Waals surface area contributed by atoms with Gasteiger partial charge in [-0.05, 0) is 62.1 Å². The zero-order chi connectivity index (χ0) is 34.9. The fraction of sp³-hybridized carbons (Fsp3) is 0.250. The molecule has 0 radical (unpaired) electrons. The van der Waals surface area contributed by atoms with Crippen molar-refractivity contribution in [3.8, 4) is 22.5 Å². The van der Waals surface area contributed by atoms with Gasteiger partial charge in [0.2, 0.25) is 0 Å². The van der Waals surface area contributed by atoms with Gasteiger partial charge < -0.3 is 24.7 Å². The number of carboxylic acid groups (broad SMARTS) is 1. The third kappa shape index (κ3) is 6.32. The van der Waals surface area contributed by atoms with Crippen LogP contribution in [-0.2, 0) is 4.74 Å². The molecular formula is C40H36N6O5. The van der Waals surface area contributed by atoms with Crippen LogP contribution in [0.25, 0.3) is 44.6 Å². The van der Waals surface area contributed by atoms with Crippen LogP contribution in [0.3, 0.4) is 0 Å². The third-order valence-corrected chi connectivity index (χ3v) is 9.78. The average molecular weight is 681 g/mol. The van der Waals surface area contributed by atoms with E-state index in [0.717, 1.165) is 49.0 Å². The van der Waals surface area contributed by atoms with Gasteiger partial charge in [0, 0.05) is 24.2 Å². The minimum atomic E-state index is -1.03. The lowest BCUT2D eigenvalue weighted by molar-refractivity contribution is 0.0482. The number of rotatable bonds is 9. The van der Waals surface area contributed by atoms with Gasteiger partial charge in [-0.1, -0.05) is 60.7 Å². The number of anilines is 2. The number of benzene rings is 4. The Hall–Kier alpha value is -5.94. The molecule has 0 saturated carbocycles. The van der Waals surface area contributed by atoms with E-state index in [1.165, 1.54) is 6.07 Å². The van der Waals surface area contributed by atoms with Crippen LogP contribution >= 0.6 is 0 Å². The molecule has 2 saturated heterocycles. The second-order valence-electron chi connectivity index (χ2n) is 13.0. The van der Waals surface area contributed by atoms with Crippen LogP contribution in [0, 0.1) is 0 Å². The van der Waals surface area contributed by atoms with E-state index < -0.39 is 11.9 Å². The Kier molecular flexibility index (Phi) is 8.71. The molecular weight excluding hydrogens is 644 g/mol. The van der Waals surface area contributed by atoms with Gasteiger partial charge in [0.15, 0.2) is 11.6 Å². The van der Waals surface area contributed by atoms with Crippen LogP contribution < -0.4 is 9.80 Å². The molecule has 4 aromatic carbocycles. The highest BCUT2D eigenvalue weighted by molar-refractivity contribution is 5.95. The molecule has 0 spiro atoms. The summed E-state index contributed by atoms with van der Waals surface area (Å²) in [4.78, 5) is 49.4. The maximum Gasteiger partial charge on any atom is 0.338 e. The molecule has 2 atom stereocenters. The zero-order valence-electron chi connectivity index (χ0n) is 27.9. The van der Waals surface area contributed by atoms with Crippen LogP contribution in [0.1, 0.15) is 46.4 Å². The first kappa shape index (κ1) is 32.3. The summed E-state index contributed by atoms with van der Waals surface area (Å²) in [5.74, 6) is -0.178. The minimum Gasteiger partial charge on any atom is -0.478 e. The van der Waals surface area contributed by atoms with Crippen LogP contribution in [0.2, 0.25) is 0 Å². The number of carbonyl (C=O) groups is 2. The Bertz CT molecular complexity index is 2250. The van der Waals surface area contributed by atoms with Gasteiger partial charge in [0.25, 0.3) is 0 Å². The van der Waals surface area contributed by atoms with E-state index in [1.54, 1.807) is 30.3 Å². The van der Waals surface area contributed by atoms with Crippen LogP contribution in [0.4, 0.5) is 11.6 Å². The summed E-state index contributed by atoms with van der Waals surface area (Å²) < 4.78 is 5.96. The molecule has 2 N–H and O–H groups in total. The predicted molar refractivity (Wildman–Crippen MR) is 195 cm³/mol. The van der Waals surface area contributed by atoms with E-state index in [2.05, 4.69) is 9.80 Å². The number of aliphatic hydroxyl groups is 1. The Morgan fingerprint density at radius 3 is 1.71 bits per heavy atom. The Morgan fingerprint density at radius 1 is 0.647 bits per heavy atom. The summed E-state index contributed by atoms with van der Waals surface area (Å²) >= 11 is 0. The third-order valence-electron chi connectivity index (χ3n) is 9.78. The van der Waals surface area contributed by atoms with Crippen molar-refractivity contribution in [3.05, 3.63) is 108 Å². The number of hydrogen-bond donors (Lipinski definition) is 2. The van der Waals surface area contributed by atoms with Gasteiger partial charge in [0.05, 0.1) is 51.9 Å². The number of carboxylic acids is 1. The van der Waals surface area contributed by atoms with Crippen molar-refractivity contribution < 1.29 is 24.5 Å². The molecule has 11 nitrogen and oxygen atoms in total. The van der Waals surface area contributed by atoms with Crippen molar-refractivity contribution in [1.29, 1.82) is 0 Å². The Balaban J connectivity index is 1.08. The Labute approximate surface area is 294 Å². The molecule has 256 valence electrons. The van der Waals surface area contributed by atoms with E-state index in [-0.39, 0.29) is 30.9 Å². The number of aromatic carboxylic acids is 1. The first-order valence-corrected chi connectivity index (χ1v) is 17.3. The van der Waals surface area contributed by atoms with E-state index in [9.17, 15) is 19.8 Å². The van der Waals surface area contributed by atoms with E-state index in [1.807, 2.05) is 60.7 Å². The van der Waals surface area contributed by atoms with E-state index in [0.29, 0.717) is 51.5 Å². The van der Waals surface area contributed by atoms with Crippen molar-refractivity contribution >= 4 is 45.6 Å². The number of esters is 1. The second-order valence-corrected chi connectivity index (χ2v) is 13.0. The summed E-state index contributed by atoms with van der Waals surface area (Å²) in [6, 6.07) is 29.5. The van der Waals surface area contributed by atoms with E-state index >= 15 is 0 Å². The second kappa shape index (κ2) is 13.8. The molecule has 2 aliphatic rings. The number of ether oxygens (including phenoxy) is 1. The SMILES string of the molecule is O=C(O)c1ccc2nc(-c3ccccc3)c(N3CCC[C@@H]3COC(=O)c3ccc4nc(-c5ccccc5)c(N5CCC[C@H]5CO)nc4c3)nc2c1. The number of aliphatic hydroxyl groups excluding tert-OH is 1. The monoisotopic (exact) mass is 680 g/mol. The lowest BCUT2D eigenvalue weighted by Crippen LogP contribution is -2.35. The first-order valence-electron chi connectivity index (χ1n) is 17.3. The summed E-state index contributed by atoms with van der Waals surface area (Å²) in [6.07, 6.45) is 3.47. The summed E-state index contributed by atoms with van der Waals surface area (Å²) in [5, 5.41) is 19.7. The number of hydrogen-bond acceptors (Lipinski definition) is 10. The highest BCUT2D eigenvalue weighted by atomic mass is 16.5. The molecule has 51 heavy (non-hydrogen) atoms. The smallest absolute Gasteiger partial charge is 0.338 e. The zero-order valence-corrected chi connectivity index (χ0v) is 27.9. The highest BCUT2D eigenvalue weighted by Gasteiger charge is 2.31. The molecule has 6 aromatic rings. The molecule has 0 amide bonds. The standard InChI is InChI=1S/C40H36N6O5/c47-23-29-13-7-19-45(29)37-35(25-9-3-1-4-10-25)42-32-18-16-28(22-34(32)44-37)40(50)51-24-30-14-8-20-46(30)38-36(26-11-5-2-6-12-26)41-31-17-15-27(39(48)49)21-33(31)43-38/h1-6,9-12,15-18,21-22,29-30,47H,7-8,13-14,19-20,23-24H2,(H,48,49)/t29-,30+/m0/s1. The molecule has 0 bridgehead atoms. The largest absolute Gasteiger partial charge is 0.478 e. The predicted octanol–water partition coefficient (Wildman–Crippen LogP) is 6.39. The van der Waals surface area contributed by atoms with Crippen molar-refractivity contribution in [2.75, 3.05) is 36.1 Å². The fourth-order valence-electron chi connectivity index (χ4n) is 7.18. The van der Waals surface area contributed by atoms with Crippen molar-refractivity contribution in [3.63, 3.8) is 0 Å². The number of nitrogens with zero attached hydrogens (tertiary/aromatic N) is 6. The lowest BCUT2D eigenvalue weighted by Gasteiger charge is -2.27. The summed E-state index contributed by atoms with van der Waals surface area (Å²) in [7, 11) is 0. The highest BCUT2D eigenvalue weighted by Crippen LogP contribution is 2.36. The van der Waals surface area contributed by atoms with E-state index in [4.69, 9.17) is 24.7 Å². The first-order chi connectivity index (χ1) is 25.0. The molecule has 0 aliphatic carbocycles. The van der Waals surface area contributed by atoms with Crippen LogP contribution in [0.5, 0.6) is 0 Å². The molecule has 0 unspecified atom stereocenters. The van der Waals surface area contributed by atoms with Gasteiger partial charge in [-0.3, -0.25) is 0 Å². The molecule has 2 aliphatic heterocycles. The molecule has 2 aromatic heterocycles. The molecule has 2 fully saturated rings. The number of aromatic nitrogens is 4. The topological polar surface area (TPSA) is 142 Å².